The fourth-order valence-corrected chi connectivity index (χ4v) is 3.53. The number of nitrogens with zero attached hydrogens (tertiary/aromatic N) is 1. The number of amides is 1. The van der Waals surface area contributed by atoms with E-state index in [9.17, 15) is 13.2 Å². The van der Waals surface area contributed by atoms with Crippen LogP contribution in [0.4, 0.5) is 0 Å². The number of rotatable bonds is 5. The summed E-state index contributed by atoms with van der Waals surface area (Å²) in [6.07, 6.45) is 0.661. The molecule has 7 nitrogen and oxygen atoms in total. The molecule has 0 aromatic heterocycles. The zero-order chi connectivity index (χ0) is 14.6. The molecular weight excluding hydrogens is 282 g/mol. The Morgan fingerprint density at radius 1 is 1.45 bits per heavy atom. The average Bonchev–Trinajstić information content (AvgIpc) is 2.77. The van der Waals surface area contributed by atoms with Gasteiger partial charge >= 0.3 is 0 Å². The zero-order valence-electron chi connectivity index (χ0n) is 10.9. The van der Waals surface area contributed by atoms with E-state index in [0.717, 1.165) is 0 Å². The predicted molar refractivity (Wildman–Crippen MR) is 73.6 cm³/mol. The molecule has 1 aromatic rings. The number of hydrazine groups is 1. The molecule has 0 aliphatic carbocycles. The normalized spacial score (nSPS) is 17.9. The molecule has 3 N–H and O–H groups in total. The number of sulfonamides is 1. The summed E-state index contributed by atoms with van der Waals surface area (Å²) in [5.41, 5.74) is 2.43. The van der Waals surface area contributed by atoms with E-state index in [1.54, 1.807) is 24.3 Å². The van der Waals surface area contributed by atoms with Crippen LogP contribution >= 0.6 is 0 Å². The van der Waals surface area contributed by atoms with E-state index >= 15 is 0 Å². The van der Waals surface area contributed by atoms with E-state index in [-0.39, 0.29) is 12.4 Å². The van der Waals surface area contributed by atoms with Gasteiger partial charge in [-0.05, 0) is 24.6 Å². The van der Waals surface area contributed by atoms with Gasteiger partial charge in [0.05, 0.1) is 5.75 Å². The largest absolute Gasteiger partial charge is 0.492 e. The SMILES string of the molecule is NNC(=O)c1cccc(OCCN2CCCS2(=O)=O)c1. The maximum absolute atomic E-state index is 11.6. The van der Waals surface area contributed by atoms with Crippen LogP contribution in [0.3, 0.4) is 0 Å². The van der Waals surface area contributed by atoms with Gasteiger partial charge in [0.1, 0.15) is 12.4 Å². The lowest BCUT2D eigenvalue weighted by Gasteiger charge is -2.14. The van der Waals surface area contributed by atoms with Crippen molar-refractivity contribution in [3.05, 3.63) is 29.8 Å². The molecule has 1 fully saturated rings. The summed E-state index contributed by atoms with van der Waals surface area (Å²) in [4.78, 5) is 11.4. The number of carbonyl (C=O) groups excluding carboxylic acids is 1. The number of nitrogen functional groups attached to an aromatic ring is 1. The molecule has 8 heteroatoms. The van der Waals surface area contributed by atoms with Crippen LogP contribution in [0.15, 0.2) is 24.3 Å². The summed E-state index contributed by atoms with van der Waals surface area (Å²) in [5.74, 6) is 5.36. The van der Waals surface area contributed by atoms with Gasteiger partial charge in [0.2, 0.25) is 10.0 Å². The first-order valence-electron chi connectivity index (χ1n) is 6.24. The van der Waals surface area contributed by atoms with Gasteiger partial charge in [-0.25, -0.2) is 14.3 Å². The predicted octanol–water partition coefficient (Wildman–Crippen LogP) is -0.296. The summed E-state index contributed by atoms with van der Waals surface area (Å²) >= 11 is 0. The molecule has 0 radical (unpaired) electrons. The third-order valence-electron chi connectivity index (χ3n) is 3.04. The summed E-state index contributed by atoms with van der Waals surface area (Å²) in [6.45, 7) is 1.10. The van der Waals surface area contributed by atoms with E-state index in [4.69, 9.17) is 10.6 Å². The van der Waals surface area contributed by atoms with Gasteiger partial charge < -0.3 is 4.74 Å². The molecule has 20 heavy (non-hydrogen) atoms. The van der Waals surface area contributed by atoms with Crippen LogP contribution in [0.2, 0.25) is 0 Å². The first kappa shape index (κ1) is 14.8. The van der Waals surface area contributed by atoms with E-state index in [2.05, 4.69) is 0 Å². The highest BCUT2D eigenvalue weighted by molar-refractivity contribution is 7.89. The summed E-state index contributed by atoms with van der Waals surface area (Å²) in [5, 5.41) is 0. The molecule has 0 saturated carbocycles. The number of hydrogen-bond donors (Lipinski definition) is 2. The molecule has 1 aliphatic rings. The van der Waals surface area contributed by atoms with E-state index in [1.165, 1.54) is 4.31 Å². The number of benzene rings is 1. The highest BCUT2D eigenvalue weighted by Crippen LogP contribution is 2.15. The minimum atomic E-state index is -3.09. The van der Waals surface area contributed by atoms with Crippen LogP contribution in [0.1, 0.15) is 16.8 Å². The van der Waals surface area contributed by atoms with Crippen molar-refractivity contribution in [1.29, 1.82) is 0 Å². The molecule has 110 valence electrons. The minimum absolute atomic E-state index is 0.207. The quantitative estimate of drug-likeness (QED) is 0.442. The zero-order valence-corrected chi connectivity index (χ0v) is 11.7. The van der Waals surface area contributed by atoms with Gasteiger partial charge in [-0.1, -0.05) is 6.07 Å². The molecule has 1 aromatic carbocycles. The molecule has 0 atom stereocenters. The van der Waals surface area contributed by atoms with Crippen LogP contribution in [0.25, 0.3) is 0 Å². The van der Waals surface area contributed by atoms with E-state index in [0.29, 0.717) is 30.8 Å². The molecule has 1 aliphatic heterocycles. The van der Waals surface area contributed by atoms with Crippen molar-refractivity contribution < 1.29 is 17.9 Å². The van der Waals surface area contributed by atoms with Crippen LogP contribution in [0, 0.1) is 0 Å². The molecule has 0 unspecified atom stereocenters. The van der Waals surface area contributed by atoms with Crippen molar-refractivity contribution in [3.8, 4) is 5.75 Å². The number of carbonyl (C=O) groups is 1. The molecule has 0 spiro atoms. The second-order valence-electron chi connectivity index (χ2n) is 4.42. The maximum atomic E-state index is 11.6. The number of ether oxygens (including phenoxy) is 1. The molecule has 2 rings (SSSR count). The van der Waals surface area contributed by atoms with Gasteiger partial charge in [-0.3, -0.25) is 10.2 Å². The Kier molecular flexibility index (Phi) is 4.58. The first-order chi connectivity index (χ1) is 9.53. The standard InChI is InChI=1S/C12H17N3O4S/c13-14-12(16)10-3-1-4-11(9-10)19-7-6-15-5-2-8-20(15,17)18/h1,3-4,9H,2,5-8,13H2,(H,14,16). The van der Waals surface area contributed by atoms with Crippen LogP contribution < -0.4 is 16.0 Å². The Morgan fingerprint density at radius 3 is 2.90 bits per heavy atom. The van der Waals surface area contributed by atoms with Gasteiger partial charge in [-0.2, -0.15) is 4.31 Å². The molecule has 1 heterocycles. The minimum Gasteiger partial charge on any atom is -0.492 e. The van der Waals surface area contributed by atoms with Gasteiger partial charge in [0.25, 0.3) is 5.91 Å². The molecule has 1 saturated heterocycles. The molecular formula is C12H17N3O4S. The maximum Gasteiger partial charge on any atom is 0.265 e. The van der Waals surface area contributed by atoms with E-state index in [1.807, 2.05) is 5.43 Å². The van der Waals surface area contributed by atoms with Crippen molar-refractivity contribution in [1.82, 2.24) is 9.73 Å². The van der Waals surface area contributed by atoms with E-state index < -0.39 is 15.9 Å². The number of nitrogens with two attached hydrogens (primary N) is 1. The van der Waals surface area contributed by atoms with Gasteiger partial charge in [0, 0.05) is 18.7 Å². The third kappa shape index (κ3) is 3.47. The Balaban J connectivity index is 1.90. The highest BCUT2D eigenvalue weighted by Gasteiger charge is 2.27. The van der Waals surface area contributed by atoms with Crippen molar-refractivity contribution in [3.63, 3.8) is 0 Å². The summed E-state index contributed by atoms with van der Waals surface area (Å²) < 4.78 is 30.1. The van der Waals surface area contributed by atoms with Crippen LogP contribution in [0.5, 0.6) is 5.75 Å². The lowest BCUT2D eigenvalue weighted by molar-refractivity contribution is 0.0953. The van der Waals surface area contributed by atoms with Gasteiger partial charge in [0.15, 0.2) is 0 Å². The Hall–Kier alpha value is -1.64. The summed E-state index contributed by atoms with van der Waals surface area (Å²) in [7, 11) is -3.09. The lowest BCUT2D eigenvalue weighted by Crippen LogP contribution is -2.30. The lowest BCUT2D eigenvalue weighted by atomic mass is 10.2. The van der Waals surface area contributed by atoms with Crippen LogP contribution in [-0.2, 0) is 10.0 Å². The third-order valence-corrected chi connectivity index (χ3v) is 5.00. The number of nitrogens with one attached hydrogen (secondary N) is 1. The molecule has 1 amide bonds. The van der Waals surface area contributed by atoms with Crippen molar-refractivity contribution in [2.24, 2.45) is 5.84 Å². The average molecular weight is 299 g/mol. The highest BCUT2D eigenvalue weighted by atomic mass is 32.2. The second-order valence-corrected chi connectivity index (χ2v) is 6.51. The van der Waals surface area contributed by atoms with Crippen molar-refractivity contribution >= 4 is 15.9 Å². The van der Waals surface area contributed by atoms with Crippen molar-refractivity contribution in [2.45, 2.75) is 6.42 Å². The fourth-order valence-electron chi connectivity index (χ4n) is 2.02. The topological polar surface area (TPSA) is 102 Å². The first-order valence-corrected chi connectivity index (χ1v) is 7.85. The smallest absolute Gasteiger partial charge is 0.265 e. The summed E-state index contributed by atoms with van der Waals surface area (Å²) in [6, 6.07) is 6.54. The van der Waals surface area contributed by atoms with Crippen molar-refractivity contribution in [2.75, 3.05) is 25.4 Å². The Morgan fingerprint density at radius 2 is 2.25 bits per heavy atom. The Bertz CT molecular complexity index is 588. The molecule has 0 bridgehead atoms. The fraction of sp³-hybridized carbons (Fsp3) is 0.417. The second kappa shape index (κ2) is 6.21. The van der Waals surface area contributed by atoms with Gasteiger partial charge in [-0.15, -0.1) is 0 Å². The Labute approximate surface area is 117 Å². The monoisotopic (exact) mass is 299 g/mol. The van der Waals surface area contributed by atoms with Crippen LogP contribution in [-0.4, -0.2) is 44.1 Å². The number of hydrogen-bond acceptors (Lipinski definition) is 5.